The molecule has 0 saturated carbocycles. The number of aromatic amines is 1. The molecule has 1 heterocycles. The molecule has 0 bridgehead atoms. The number of ether oxygens (including phenoxy) is 2. The maximum atomic E-state index is 12.7. The Morgan fingerprint density at radius 3 is 2.28 bits per heavy atom. The van der Waals surface area contributed by atoms with Crippen LogP contribution < -0.4 is 5.32 Å². The van der Waals surface area contributed by atoms with Gasteiger partial charge in [0.2, 0.25) is 0 Å². The highest BCUT2D eigenvalue weighted by Gasteiger charge is 2.19. The molecule has 0 aliphatic rings. The third-order valence-electron chi connectivity index (χ3n) is 4.26. The monoisotopic (exact) mass is 393 g/mol. The van der Waals surface area contributed by atoms with Crippen LogP contribution in [0.1, 0.15) is 36.8 Å². The van der Waals surface area contributed by atoms with E-state index in [2.05, 4.69) is 20.3 Å². The van der Waals surface area contributed by atoms with Crippen LogP contribution in [0.25, 0.3) is 11.3 Å². The molecular weight excluding hydrogens is 374 g/mol. The fourth-order valence-electron chi connectivity index (χ4n) is 2.68. The Morgan fingerprint density at radius 2 is 1.62 bits per heavy atom. The van der Waals surface area contributed by atoms with Gasteiger partial charge in [-0.15, -0.1) is 0 Å². The number of nitrogens with zero attached hydrogens (tertiary/aromatic N) is 1. The smallest absolute Gasteiger partial charge is 0.339 e. The molecule has 8 heteroatoms. The molecule has 0 unspecified atom stereocenters. The summed E-state index contributed by atoms with van der Waals surface area (Å²) in [5.41, 5.74) is 3.17. The zero-order valence-electron chi connectivity index (χ0n) is 16.1. The summed E-state index contributed by atoms with van der Waals surface area (Å²) in [4.78, 5) is 36.5. The minimum absolute atomic E-state index is 0.103. The largest absolute Gasteiger partial charge is 0.465 e. The molecule has 2 N–H and O–H groups in total. The molecule has 29 heavy (non-hydrogen) atoms. The van der Waals surface area contributed by atoms with Crippen LogP contribution in [0.15, 0.2) is 48.5 Å². The Morgan fingerprint density at radius 1 is 0.931 bits per heavy atom. The minimum Gasteiger partial charge on any atom is -0.465 e. The molecule has 1 aromatic heterocycles. The summed E-state index contributed by atoms with van der Waals surface area (Å²) in [5, 5.41) is 9.46. The first-order valence-electron chi connectivity index (χ1n) is 8.67. The molecule has 0 atom stereocenters. The van der Waals surface area contributed by atoms with E-state index in [4.69, 9.17) is 4.74 Å². The van der Waals surface area contributed by atoms with Gasteiger partial charge in [-0.25, -0.2) is 9.59 Å². The zero-order chi connectivity index (χ0) is 21.0. The zero-order valence-corrected chi connectivity index (χ0v) is 16.1. The molecule has 0 aliphatic carbocycles. The summed E-state index contributed by atoms with van der Waals surface area (Å²) >= 11 is 0. The number of aryl methyl sites for hydroxylation is 1. The average Bonchev–Trinajstić information content (AvgIpc) is 3.23. The van der Waals surface area contributed by atoms with E-state index in [1.54, 1.807) is 6.07 Å². The maximum Gasteiger partial charge on any atom is 0.339 e. The summed E-state index contributed by atoms with van der Waals surface area (Å²) in [7, 11) is 2.47. The number of nitrogens with one attached hydrogen (secondary N) is 2. The van der Waals surface area contributed by atoms with Crippen molar-refractivity contribution in [1.29, 1.82) is 0 Å². The van der Waals surface area contributed by atoms with E-state index in [1.807, 2.05) is 31.2 Å². The predicted octanol–water partition coefficient (Wildman–Crippen LogP) is 3.21. The Labute approximate surface area is 166 Å². The molecule has 0 fully saturated rings. The van der Waals surface area contributed by atoms with Gasteiger partial charge in [0.15, 0.2) is 0 Å². The van der Waals surface area contributed by atoms with Crippen LogP contribution in [0.3, 0.4) is 0 Å². The Bertz CT molecular complexity index is 1070. The maximum absolute atomic E-state index is 12.7. The summed E-state index contributed by atoms with van der Waals surface area (Å²) in [6.07, 6.45) is 0. The number of methoxy groups -OCH3 is 2. The number of H-pyrrole nitrogens is 1. The summed E-state index contributed by atoms with van der Waals surface area (Å²) in [6.45, 7) is 1.98. The third-order valence-corrected chi connectivity index (χ3v) is 4.26. The highest BCUT2D eigenvalue weighted by atomic mass is 16.5. The van der Waals surface area contributed by atoms with Crippen molar-refractivity contribution in [1.82, 2.24) is 10.2 Å². The van der Waals surface area contributed by atoms with E-state index < -0.39 is 17.8 Å². The van der Waals surface area contributed by atoms with Gasteiger partial charge in [0, 0.05) is 5.56 Å². The molecule has 0 saturated heterocycles. The lowest BCUT2D eigenvalue weighted by Crippen LogP contribution is -2.17. The number of hydrogen-bond donors (Lipinski definition) is 2. The lowest BCUT2D eigenvalue weighted by atomic mass is 10.1. The van der Waals surface area contributed by atoms with Crippen molar-refractivity contribution in [3.05, 3.63) is 70.9 Å². The average molecular weight is 393 g/mol. The lowest BCUT2D eigenvalue weighted by molar-refractivity contribution is 0.0587. The molecule has 3 aromatic rings. The van der Waals surface area contributed by atoms with Gasteiger partial charge in [0.1, 0.15) is 5.69 Å². The highest BCUT2D eigenvalue weighted by Crippen LogP contribution is 2.22. The number of esters is 2. The normalized spacial score (nSPS) is 10.3. The topological polar surface area (TPSA) is 110 Å². The van der Waals surface area contributed by atoms with Gasteiger partial charge in [0.05, 0.1) is 36.7 Å². The van der Waals surface area contributed by atoms with Crippen molar-refractivity contribution >= 4 is 23.5 Å². The van der Waals surface area contributed by atoms with Crippen LogP contribution in [0.5, 0.6) is 0 Å². The molecular formula is C21H19N3O5. The third kappa shape index (κ3) is 4.32. The Hall–Kier alpha value is -3.94. The van der Waals surface area contributed by atoms with Crippen molar-refractivity contribution in [3.8, 4) is 11.3 Å². The number of anilines is 1. The second-order valence-corrected chi connectivity index (χ2v) is 6.23. The summed E-state index contributed by atoms with van der Waals surface area (Å²) in [6, 6.07) is 13.5. The lowest BCUT2D eigenvalue weighted by Gasteiger charge is -2.10. The van der Waals surface area contributed by atoms with Gasteiger partial charge in [-0.3, -0.25) is 9.89 Å². The molecule has 148 valence electrons. The van der Waals surface area contributed by atoms with Crippen LogP contribution >= 0.6 is 0 Å². The number of hydrogen-bond acceptors (Lipinski definition) is 6. The van der Waals surface area contributed by atoms with Crippen LogP contribution in [-0.4, -0.2) is 42.3 Å². The molecule has 0 spiro atoms. The number of carbonyl (C=O) groups is 3. The van der Waals surface area contributed by atoms with Gasteiger partial charge < -0.3 is 14.8 Å². The fraction of sp³-hybridized carbons (Fsp3) is 0.143. The van der Waals surface area contributed by atoms with Gasteiger partial charge in [0.25, 0.3) is 5.91 Å². The first kappa shape index (κ1) is 19.8. The van der Waals surface area contributed by atoms with Gasteiger partial charge in [-0.05, 0) is 31.2 Å². The van der Waals surface area contributed by atoms with E-state index >= 15 is 0 Å². The van der Waals surface area contributed by atoms with Crippen LogP contribution in [0, 0.1) is 6.92 Å². The Balaban J connectivity index is 1.88. The molecule has 0 aliphatic heterocycles. The molecule has 3 rings (SSSR count). The number of rotatable bonds is 5. The second-order valence-electron chi connectivity index (χ2n) is 6.23. The van der Waals surface area contributed by atoms with Gasteiger partial charge in [-0.2, -0.15) is 5.10 Å². The SMILES string of the molecule is COC(=O)c1ccc(C(=O)OC)c(NC(=O)c2cc(-c3ccc(C)cc3)n[nH]2)c1. The number of amides is 1. The standard InChI is InChI=1S/C21H19N3O5/c1-12-4-6-13(7-5-12)16-11-18(24-23-16)19(25)22-17-10-14(20(26)28-2)8-9-15(17)21(27)29-3/h4-11H,1-3H3,(H,22,25)(H,23,24). The van der Waals surface area contributed by atoms with E-state index in [1.165, 1.54) is 32.4 Å². The first-order chi connectivity index (χ1) is 13.9. The molecule has 8 nitrogen and oxygen atoms in total. The molecule has 2 aromatic carbocycles. The van der Waals surface area contributed by atoms with E-state index in [9.17, 15) is 14.4 Å². The molecule has 1 amide bonds. The predicted molar refractivity (Wildman–Crippen MR) is 106 cm³/mol. The summed E-state index contributed by atoms with van der Waals surface area (Å²) in [5.74, 6) is -1.77. The number of aromatic nitrogens is 2. The first-order valence-corrected chi connectivity index (χ1v) is 8.67. The summed E-state index contributed by atoms with van der Waals surface area (Å²) < 4.78 is 9.42. The van der Waals surface area contributed by atoms with E-state index in [-0.39, 0.29) is 22.5 Å². The highest BCUT2D eigenvalue weighted by molar-refractivity contribution is 6.08. The van der Waals surface area contributed by atoms with Gasteiger partial charge >= 0.3 is 11.9 Å². The number of benzene rings is 2. The fourth-order valence-corrected chi connectivity index (χ4v) is 2.68. The van der Waals surface area contributed by atoms with E-state index in [0.717, 1.165) is 11.1 Å². The van der Waals surface area contributed by atoms with Crippen LogP contribution in [0.4, 0.5) is 5.69 Å². The Kier molecular flexibility index (Phi) is 5.73. The van der Waals surface area contributed by atoms with Crippen molar-refractivity contribution in [2.75, 3.05) is 19.5 Å². The number of carbonyl (C=O) groups excluding carboxylic acids is 3. The minimum atomic E-state index is -0.651. The second kappa shape index (κ2) is 8.39. The van der Waals surface area contributed by atoms with Crippen LogP contribution in [-0.2, 0) is 9.47 Å². The van der Waals surface area contributed by atoms with Crippen molar-refractivity contribution in [3.63, 3.8) is 0 Å². The van der Waals surface area contributed by atoms with Crippen molar-refractivity contribution in [2.45, 2.75) is 6.92 Å². The van der Waals surface area contributed by atoms with E-state index in [0.29, 0.717) is 5.69 Å². The van der Waals surface area contributed by atoms with Crippen LogP contribution in [0.2, 0.25) is 0 Å². The molecule has 0 radical (unpaired) electrons. The van der Waals surface area contributed by atoms with Crippen molar-refractivity contribution < 1.29 is 23.9 Å². The quantitative estimate of drug-likeness (QED) is 0.644. The van der Waals surface area contributed by atoms with Crippen molar-refractivity contribution in [2.24, 2.45) is 0 Å². The van der Waals surface area contributed by atoms with Gasteiger partial charge in [-0.1, -0.05) is 29.8 Å².